The summed E-state index contributed by atoms with van der Waals surface area (Å²) in [6.07, 6.45) is 4.50. The first-order chi connectivity index (χ1) is 11.6. The van der Waals surface area contributed by atoms with E-state index in [2.05, 4.69) is 5.32 Å². The van der Waals surface area contributed by atoms with Gasteiger partial charge in [0.2, 0.25) is 5.91 Å². The van der Waals surface area contributed by atoms with Crippen molar-refractivity contribution in [3.63, 3.8) is 0 Å². The molecule has 1 aliphatic rings. The van der Waals surface area contributed by atoms with Crippen LogP contribution < -0.4 is 10.1 Å². The lowest BCUT2D eigenvalue weighted by atomic mass is 9.94. The Hall–Kier alpha value is -2.27. The second-order valence-corrected chi connectivity index (χ2v) is 6.30. The lowest BCUT2D eigenvalue weighted by molar-refractivity contribution is -0.123. The summed E-state index contributed by atoms with van der Waals surface area (Å²) in [6, 6.07) is 11.2. The maximum atomic E-state index is 12.1. The predicted octanol–water partition coefficient (Wildman–Crippen LogP) is 2.63. The largest absolute Gasteiger partial charge is 0.497 e. The van der Waals surface area contributed by atoms with E-state index in [1.165, 1.54) is 0 Å². The summed E-state index contributed by atoms with van der Waals surface area (Å²) in [7, 11) is 1.63. The summed E-state index contributed by atoms with van der Waals surface area (Å²) < 4.78 is 10.5. The number of ether oxygens (including phenoxy) is 1. The number of aryl methyl sites for hydroxylation is 1. The fourth-order valence-electron chi connectivity index (χ4n) is 2.89. The number of amides is 1. The van der Waals surface area contributed by atoms with Gasteiger partial charge in [-0.3, -0.25) is 4.79 Å². The number of methoxy groups -OCH3 is 1. The molecule has 0 bridgehead atoms. The summed E-state index contributed by atoms with van der Waals surface area (Å²) >= 11 is 0. The number of rotatable bonds is 8. The molecule has 1 amide bonds. The Morgan fingerprint density at radius 1 is 1.33 bits per heavy atom. The first-order valence-electron chi connectivity index (χ1n) is 8.28. The molecule has 5 heteroatoms. The maximum Gasteiger partial charge on any atom is 0.220 e. The van der Waals surface area contributed by atoms with Gasteiger partial charge in [-0.2, -0.15) is 0 Å². The number of carbonyl (C=O) groups is 1. The second-order valence-electron chi connectivity index (χ2n) is 6.30. The highest BCUT2D eigenvalue weighted by Crippen LogP contribution is 2.45. The Morgan fingerprint density at radius 2 is 2.08 bits per heavy atom. The average molecular weight is 329 g/mol. The minimum atomic E-state index is -1.10. The Bertz CT molecular complexity index is 661. The van der Waals surface area contributed by atoms with Crippen LogP contribution in [0.25, 0.3) is 0 Å². The number of hydrogen-bond donors (Lipinski definition) is 2. The maximum absolute atomic E-state index is 12.1. The minimum Gasteiger partial charge on any atom is -0.497 e. The highest BCUT2D eigenvalue weighted by Gasteiger charge is 2.47. The molecule has 1 saturated carbocycles. The molecule has 0 radical (unpaired) electrons. The van der Waals surface area contributed by atoms with Crippen LogP contribution >= 0.6 is 0 Å². The van der Waals surface area contributed by atoms with Crippen molar-refractivity contribution in [1.82, 2.24) is 5.32 Å². The number of carbonyl (C=O) groups excluding carboxylic acids is 1. The van der Waals surface area contributed by atoms with Crippen LogP contribution in [0.5, 0.6) is 5.75 Å². The lowest BCUT2D eigenvalue weighted by Gasteiger charge is -2.26. The van der Waals surface area contributed by atoms with E-state index in [1.54, 1.807) is 25.5 Å². The topological polar surface area (TPSA) is 71.7 Å². The van der Waals surface area contributed by atoms with Crippen molar-refractivity contribution in [3.05, 3.63) is 54.0 Å². The van der Waals surface area contributed by atoms with E-state index < -0.39 is 5.60 Å². The molecule has 5 nitrogen and oxygen atoms in total. The first-order valence-corrected chi connectivity index (χ1v) is 8.28. The SMILES string of the molecule is COc1ccc(CCC(=O)NCC(O)(c2ccco2)C2CC2)cc1. The molecule has 2 aromatic rings. The van der Waals surface area contributed by atoms with Crippen LogP contribution in [0.4, 0.5) is 0 Å². The zero-order chi connectivity index (χ0) is 17.0. The van der Waals surface area contributed by atoms with Crippen molar-refractivity contribution >= 4 is 5.91 Å². The zero-order valence-electron chi connectivity index (χ0n) is 13.8. The normalized spacial score (nSPS) is 16.4. The molecule has 1 aromatic carbocycles. The molecule has 128 valence electrons. The van der Waals surface area contributed by atoms with E-state index in [9.17, 15) is 9.90 Å². The molecule has 0 spiro atoms. The highest BCUT2D eigenvalue weighted by molar-refractivity contribution is 5.76. The third kappa shape index (κ3) is 3.79. The highest BCUT2D eigenvalue weighted by atomic mass is 16.5. The molecular weight excluding hydrogens is 306 g/mol. The monoisotopic (exact) mass is 329 g/mol. The molecule has 1 unspecified atom stereocenters. The van der Waals surface area contributed by atoms with Gasteiger partial charge in [0.05, 0.1) is 19.9 Å². The number of benzene rings is 1. The third-order valence-electron chi connectivity index (χ3n) is 4.56. The van der Waals surface area contributed by atoms with E-state index >= 15 is 0 Å². The Balaban J connectivity index is 1.51. The van der Waals surface area contributed by atoms with Crippen molar-refractivity contribution in [3.8, 4) is 5.75 Å². The van der Waals surface area contributed by atoms with Gasteiger partial charge in [-0.15, -0.1) is 0 Å². The van der Waals surface area contributed by atoms with Crippen molar-refractivity contribution < 1.29 is 19.1 Å². The number of nitrogens with one attached hydrogen (secondary N) is 1. The molecule has 24 heavy (non-hydrogen) atoms. The molecule has 3 rings (SSSR count). The van der Waals surface area contributed by atoms with E-state index in [-0.39, 0.29) is 18.4 Å². The molecule has 1 aliphatic carbocycles. The Morgan fingerprint density at radius 3 is 2.67 bits per heavy atom. The van der Waals surface area contributed by atoms with Crippen LogP contribution in [0.2, 0.25) is 0 Å². The van der Waals surface area contributed by atoms with Gasteiger partial charge in [-0.05, 0) is 55.0 Å². The van der Waals surface area contributed by atoms with Gasteiger partial charge < -0.3 is 19.6 Å². The van der Waals surface area contributed by atoms with Crippen LogP contribution in [0.1, 0.15) is 30.6 Å². The van der Waals surface area contributed by atoms with Crippen molar-refractivity contribution in [2.24, 2.45) is 5.92 Å². The van der Waals surface area contributed by atoms with Gasteiger partial charge >= 0.3 is 0 Å². The van der Waals surface area contributed by atoms with Gasteiger partial charge in [-0.1, -0.05) is 12.1 Å². The second kappa shape index (κ2) is 7.09. The molecular formula is C19H23NO4. The van der Waals surface area contributed by atoms with E-state index in [0.717, 1.165) is 24.2 Å². The average Bonchev–Trinajstić information content (AvgIpc) is 3.33. The smallest absolute Gasteiger partial charge is 0.220 e. The van der Waals surface area contributed by atoms with Crippen LogP contribution in [-0.2, 0) is 16.8 Å². The summed E-state index contributed by atoms with van der Waals surface area (Å²) in [6.45, 7) is 0.187. The quantitative estimate of drug-likeness (QED) is 0.781. The number of aliphatic hydroxyl groups is 1. The summed E-state index contributed by atoms with van der Waals surface area (Å²) in [5, 5.41) is 13.7. The van der Waals surface area contributed by atoms with E-state index in [1.807, 2.05) is 24.3 Å². The first kappa shape index (κ1) is 16.6. The molecule has 1 heterocycles. The molecule has 1 aromatic heterocycles. The van der Waals surface area contributed by atoms with E-state index in [4.69, 9.17) is 9.15 Å². The number of furan rings is 1. The van der Waals surface area contributed by atoms with Crippen LogP contribution in [0.3, 0.4) is 0 Å². The molecule has 0 aliphatic heterocycles. The Labute approximate surface area is 141 Å². The van der Waals surface area contributed by atoms with Gasteiger partial charge in [0.1, 0.15) is 17.1 Å². The van der Waals surface area contributed by atoms with Crippen molar-refractivity contribution in [2.75, 3.05) is 13.7 Å². The van der Waals surface area contributed by atoms with Crippen molar-refractivity contribution in [1.29, 1.82) is 0 Å². The lowest BCUT2D eigenvalue weighted by Crippen LogP contribution is -2.42. The van der Waals surface area contributed by atoms with Gasteiger partial charge in [0.15, 0.2) is 0 Å². The molecule has 0 saturated heterocycles. The molecule has 1 fully saturated rings. The van der Waals surface area contributed by atoms with Gasteiger partial charge in [0, 0.05) is 6.42 Å². The number of hydrogen-bond acceptors (Lipinski definition) is 4. The standard InChI is InChI=1S/C19H23NO4/c1-23-16-9-4-14(5-10-16)6-11-18(21)20-13-19(22,15-7-8-15)17-3-2-12-24-17/h2-5,9-10,12,15,22H,6-8,11,13H2,1H3,(H,20,21). The van der Waals surface area contributed by atoms with Crippen LogP contribution in [0, 0.1) is 5.92 Å². The third-order valence-corrected chi connectivity index (χ3v) is 4.56. The predicted molar refractivity (Wildman–Crippen MR) is 89.7 cm³/mol. The Kier molecular flexibility index (Phi) is 4.90. The minimum absolute atomic E-state index is 0.0727. The van der Waals surface area contributed by atoms with Crippen LogP contribution in [-0.4, -0.2) is 24.7 Å². The fourth-order valence-corrected chi connectivity index (χ4v) is 2.89. The molecule has 2 N–H and O–H groups in total. The van der Waals surface area contributed by atoms with E-state index in [0.29, 0.717) is 18.6 Å². The fraction of sp³-hybridized carbons (Fsp3) is 0.421. The van der Waals surface area contributed by atoms with Gasteiger partial charge in [0.25, 0.3) is 0 Å². The van der Waals surface area contributed by atoms with Gasteiger partial charge in [-0.25, -0.2) is 0 Å². The van der Waals surface area contributed by atoms with Crippen molar-refractivity contribution in [2.45, 2.75) is 31.3 Å². The molecule has 1 atom stereocenters. The van der Waals surface area contributed by atoms with Crippen LogP contribution in [0.15, 0.2) is 47.1 Å². The summed E-state index contributed by atoms with van der Waals surface area (Å²) in [5.74, 6) is 1.42. The zero-order valence-corrected chi connectivity index (χ0v) is 13.8. The summed E-state index contributed by atoms with van der Waals surface area (Å²) in [4.78, 5) is 12.1. The summed E-state index contributed by atoms with van der Waals surface area (Å²) in [5.41, 5.74) is -0.0198.